The van der Waals surface area contributed by atoms with E-state index in [0.29, 0.717) is 12.8 Å². The second kappa shape index (κ2) is 6.94. The minimum Gasteiger partial charge on any atom is -0.480 e. The van der Waals surface area contributed by atoms with Crippen molar-refractivity contribution in [2.24, 2.45) is 5.41 Å². The fourth-order valence-electron chi connectivity index (χ4n) is 3.64. The van der Waals surface area contributed by atoms with Crippen LogP contribution in [0.15, 0.2) is 54.6 Å². The molecule has 0 saturated heterocycles. The van der Waals surface area contributed by atoms with Crippen molar-refractivity contribution in [2.45, 2.75) is 45.7 Å². The standard InChI is InChI=1S/C22H25NO3/c1-22(2,3)21(26)23-18(13-15-9-5-4-6-10-15)17-12-8-7-11-16(17)14-19(23)20(24)25/h4-12,18-19H,13-14H2,1-3H3,(H,24,25)/t18-,19?/m0/s1. The minimum atomic E-state index is -0.949. The molecule has 1 amide bonds. The molecule has 3 rings (SSSR count). The van der Waals surface area contributed by atoms with Crippen LogP contribution in [0.4, 0.5) is 0 Å². The Balaban J connectivity index is 2.11. The van der Waals surface area contributed by atoms with Crippen molar-refractivity contribution in [3.63, 3.8) is 0 Å². The highest BCUT2D eigenvalue weighted by Gasteiger charge is 2.43. The van der Waals surface area contributed by atoms with E-state index in [1.54, 1.807) is 4.90 Å². The monoisotopic (exact) mass is 351 g/mol. The topological polar surface area (TPSA) is 57.6 Å². The zero-order chi connectivity index (χ0) is 18.9. The normalized spacial score (nSPS) is 19.7. The highest BCUT2D eigenvalue weighted by atomic mass is 16.4. The van der Waals surface area contributed by atoms with Crippen LogP contribution in [0, 0.1) is 5.41 Å². The molecular formula is C22H25NO3. The molecule has 4 heteroatoms. The van der Waals surface area contributed by atoms with E-state index in [9.17, 15) is 14.7 Å². The van der Waals surface area contributed by atoms with Crippen LogP contribution in [0.1, 0.15) is 43.5 Å². The average molecular weight is 351 g/mol. The molecule has 0 aromatic heterocycles. The van der Waals surface area contributed by atoms with E-state index in [1.165, 1.54) is 0 Å². The first-order valence-electron chi connectivity index (χ1n) is 8.96. The molecule has 2 aromatic carbocycles. The Bertz CT molecular complexity index is 808. The van der Waals surface area contributed by atoms with Gasteiger partial charge >= 0.3 is 5.97 Å². The Hall–Kier alpha value is -2.62. The fraction of sp³-hybridized carbons (Fsp3) is 0.364. The maximum Gasteiger partial charge on any atom is 0.326 e. The molecule has 1 aliphatic rings. The molecule has 2 atom stereocenters. The maximum atomic E-state index is 13.2. The van der Waals surface area contributed by atoms with Crippen LogP contribution >= 0.6 is 0 Å². The van der Waals surface area contributed by atoms with Crippen molar-refractivity contribution in [3.8, 4) is 0 Å². The van der Waals surface area contributed by atoms with Gasteiger partial charge in [0.05, 0.1) is 6.04 Å². The first-order chi connectivity index (χ1) is 12.3. The van der Waals surface area contributed by atoms with Gasteiger partial charge in [0.1, 0.15) is 6.04 Å². The van der Waals surface area contributed by atoms with Crippen LogP contribution in [0.2, 0.25) is 0 Å². The number of rotatable bonds is 3. The van der Waals surface area contributed by atoms with Crippen LogP contribution in [0.3, 0.4) is 0 Å². The van der Waals surface area contributed by atoms with Gasteiger partial charge in [-0.05, 0) is 23.1 Å². The quantitative estimate of drug-likeness (QED) is 0.914. The third-order valence-corrected chi connectivity index (χ3v) is 4.93. The SMILES string of the molecule is CC(C)(C)C(=O)N1C(C(=O)O)Cc2ccccc2[C@@H]1Cc1ccccc1. The van der Waals surface area contributed by atoms with Crippen LogP contribution in [0.25, 0.3) is 0 Å². The number of carbonyl (C=O) groups is 2. The van der Waals surface area contributed by atoms with E-state index < -0.39 is 17.4 Å². The maximum absolute atomic E-state index is 13.2. The molecule has 0 fully saturated rings. The molecule has 1 aliphatic heterocycles. The molecule has 0 radical (unpaired) electrons. The Morgan fingerprint density at radius 1 is 1.04 bits per heavy atom. The number of fused-ring (bicyclic) bond motifs is 1. The predicted molar refractivity (Wildman–Crippen MR) is 101 cm³/mol. The first-order valence-corrected chi connectivity index (χ1v) is 8.96. The van der Waals surface area contributed by atoms with Gasteiger partial charge in [-0.15, -0.1) is 0 Å². The minimum absolute atomic E-state index is 0.125. The smallest absolute Gasteiger partial charge is 0.326 e. The van der Waals surface area contributed by atoms with Crippen molar-refractivity contribution >= 4 is 11.9 Å². The van der Waals surface area contributed by atoms with E-state index >= 15 is 0 Å². The van der Waals surface area contributed by atoms with Crippen LogP contribution in [0.5, 0.6) is 0 Å². The lowest BCUT2D eigenvalue weighted by molar-refractivity contribution is -0.157. The number of carboxylic acid groups (broad SMARTS) is 1. The van der Waals surface area contributed by atoms with Gasteiger partial charge in [0.2, 0.25) is 5.91 Å². The lowest BCUT2D eigenvalue weighted by atomic mass is 9.82. The molecule has 0 aliphatic carbocycles. The van der Waals surface area contributed by atoms with E-state index in [1.807, 2.05) is 75.4 Å². The van der Waals surface area contributed by atoms with Gasteiger partial charge in [0.25, 0.3) is 0 Å². The van der Waals surface area contributed by atoms with Gasteiger partial charge in [-0.2, -0.15) is 0 Å². The molecule has 4 nitrogen and oxygen atoms in total. The zero-order valence-corrected chi connectivity index (χ0v) is 15.5. The van der Waals surface area contributed by atoms with Gasteiger partial charge < -0.3 is 10.0 Å². The Labute approximate surface area is 154 Å². The number of hydrogen-bond donors (Lipinski definition) is 1. The number of hydrogen-bond acceptors (Lipinski definition) is 2. The van der Waals surface area contributed by atoms with Crippen LogP contribution < -0.4 is 0 Å². The molecule has 0 saturated carbocycles. The highest BCUT2D eigenvalue weighted by molar-refractivity contribution is 5.88. The summed E-state index contributed by atoms with van der Waals surface area (Å²) in [6, 6.07) is 16.7. The molecule has 1 heterocycles. The Morgan fingerprint density at radius 3 is 2.27 bits per heavy atom. The average Bonchev–Trinajstić information content (AvgIpc) is 2.61. The second-order valence-corrected chi connectivity index (χ2v) is 7.92. The van der Waals surface area contributed by atoms with Crippen molar-refractivity contribution in [2.75, 3.05) is 0 Å². The summed E-state index contributed by atoms with van der Waals surface area (Å²) in [6.07, 6.45) is 0.946. The Morgan fingerprint density at radius 2 is 1.65 bits per heavy atom. The molecule has 2 aromatic rings. The van der Waals surface area contributed by atoms with Crippen LogP contribution in [-0.4, -0.2) is 27.9 Å². The summed E-state index contributed by atoms with van der Waals surface area (Å²) < 4.78 is 0. The van der Waals surface area contributed by atoms with E-state index in [-0.39, 0.29) is 11.9 Å². The van der Waals surface area contributed by atoms with E-state index in [0.717, 1.165) is 16.7 Å². The van der Waals surface area contributed by atoms with E-state index in [2.05, 4.69) is 0 Å². The third kappa shape index (κ3) is 3.50. The molecule has 0 spiro atoms. The molecule has 0 bridgehead atoms. The summed E-state index contributed by atoms with van der Waals surface area (Å²) >= 11 is 0. The van der Waals surface area contributed by atoms with Gasteiger partial charge in [-0.3, -0.25) is 4.79 Å². The van der Waals surface area contributed by atoms with Gasteiger partial charge in [-0.25, -0.2) is 4.79 Å². The first kappa shape index (κ1) is 18.2. The van der Waals surface area contributed by atoms with Crippen molar-refractivity contribution in [1.82, 2.24) is 4.90 Å². The number of amides is 1. The molecule has 136 valence electrons. The van der Waals surface area contributed by atoms with Gasteiger partial charge in [0, 0.05) is 11.8 Å². The molecule has 1 N–H and O–H groups in total. The van der Waals surface area contributed by atoms with Crippen molar-refractivity contribution < 1.29 is 14.7 Å². The number of aliphatic carboxylic acids is 1. The number of benzene rings is 2. The largest absolute Gasteiger partial charge is 0.480 e. The van der Waals surface area contributed by atoms with Crippen molar-refractivity contribution in [1.29, 1.82) is 0 Å². The van der Waals surface area contributed by atoms with E-state index in [4.69, 9.17) is 0 Å². The second-order valence-electron chi connectivity index (χ2n) is 7.92. The Kier molecular flexibility index (Phi) is 4.86. The summed E-state index contributed by atoms with van der Waals surface area (Å²) in [4.78, 5) is 26.8. The van der Waals surface area contributed by atoms with Crippen molar-refractivity contribution in [3.05, 3.63) is 71.3 Å². The summed E-state index contributed by atoms with van der Waals surface area (Å²) in [5.74, 6) is -1.07. The zero-order valence-electron chi connectivity index (χ0n) is 15.5. The van der Waals surface area contributed by atoms with Gasteiger partial charge in [0.15, 0.2) is 0 Å². The molecular weight excluding hydrogens is 326 g/mol. The lowest BCUT2D eigenvalue weighted by Crippen LogP contribution is -2.54. The third-order valence-electron chi connectivity index (χ3n) is 4.93. The number of nitrogens with zero attached hydrogens (tertiary/aromatic N) is 1. The lowest BCUT2D eigenvalue weighted by Gasteiger charge is -2.44. The fourth-order valence-corrected chi connectivity index (χ4v) is 3.64. The highest BCUT2D eigenvalue weighted by Crippen LogP contribution is 2.38. The predicted octanol–water partition coefficient (Wildman–Crippen LogP) is 3.85. The molecule has 1 unspecified atom stereocenters. The number of carboxylic acids is 1. The summed E-state index contributed by atoms with van der Waals surface area (Å²) in [6.45, 7) is 5.52. The number of carbonyl (C=O) groups excluding carboxylic acids is 1. The summed E-state index contributed by atoms with van der Waals surface area (Å²) in [5.41, 5.74) is 2.50. The summed E-state index contributed by atoms with van der Waals surface area (Å²) in [5, 5.41) is 9.84. The van der Waals surface area contributed by atoms with Crippen LogP contribution in [-0.2, 0) is 22.4 Å². The van der Waals surface area contributed by atoms with Gasteiger partial charge in [-0.1, -0.05) is 75.4 Å². The summed E-state index contributed by atoms with van der Waals surface area (Å²) in [7, 11) is 0. The molecule has 26 heavy (non-hydrogen) atoms.